The van der Waals surface area contributed by atoms with Crippen molar-refractivity contribution in [1.29, 1.82) is 0 Å². The molecule has 0 N–H and O–H groups in total. The zero-order chi connectivity index (χ0) is 24.1. The van der Waals surface area contributed by atoms with Gasteiger partial charge < -0.3 is 4.90 Å². The molecule has 0 saturated carbocycles. The molecule has 0 aliphatic carbocycles. The van der Waals surface area contributed by atoms with Crippen LogP contribution in [0.5, 0.6) is 0 Å². The number of benzene rings is 3. The van der Waals surface area contributed by atoms with E-state index in [1.807, 2.05) is 54.6 Å². The Kier molecular flexibility index (Phi) is 7.68. The van der Waals surface area contributed by atoms with Gasteiger partial charge >= 0.3 is 0 Å². The Balaban J connectivity index is 1.30. The summed E-state index contributed by atoms with van der Waals surface area (Å²) in [7, 11) is -1.66. The molecular formula is C26H28ClN3O3S. The second-order valence-corrected chi connectivity index (χ2v) is 10.9. The molecule has 34 heavy (non-hydrogen) atoms. The van der Waals surface area contributed by atoms with Crippen LogP contribution in [-0.4, -0.2) is 61.7 Å². The standard InChI is InChI=1S/C26H28ClN3O3S/c1-28(19-21-9-13-24(27)14-10-21)26(31)23-11-7-22(8-12-23)20-29-15-17-30(18-16-29)34(32,33)25-5-3-2-4-6-25/h2-14H,15-20H2,1H3. The predicted octanol–water partition coefficient (Wildman–Crippen LogP) is 4.12. The van der Waals surface area contributed by atoms with Gasteiger partial charge in [-0.25, -0.2) is 8.42 Å². The Labute approximate surface area is 206 Å². The number of carbonyl (C=O) groups is 1. The van der Waals surface area contributed by atoms with Gasteiger partial charge in [0.1, 0.15) is 0 Å². The van der Waals surface area contributed by atoms with Crippen molar-refractivity contribution in [2.24, 2.45) is 0 Å². The van der Waals surface area contributed by atoms with Crippen LogP contribution in [0.25, 0.3) is 0 Å². The Morgan fingerprint density at radius 3 is 2.06 bits per heavy atom. The van der Waals surface area contributed by atoms with Crippen LogP contribution >= 0.6 is 11.6 Å². The number of rotatable bonds is 7. The average molecular weight is 498 g/mol. The molecule has 0 spiro atoms. The monoisotopic (exact) mass is 497 g/mol. The molecule has 3 aromatic carbocycles. The smallest absolute Gasteiger partial charge is 0.253 e. The van der Waals surface area contributed by atoms with E-state index in [4.69, 9.17) is 11.6 Å². The Hall–Kier alpha value is -2.71. The first kappa shape index (κ1) is 24.4. The lowest BCUT2D eigenvalue weighted by molar-refractivity contribution is 0.0785. The molecule has 3 aromatic rings. The summed E-state index contributed by atoms with van der Waals surface area (Å²) in [6, 6.07) is 23.7. The highest BCUT2D eigenvalue weighted by Gasteiger charge is 2.28. The van der Waals surface area contributed by atoms with Crippen molar-refractivity contribution in [3.8, 4) is 0 Å². The van der Waals surface area contributed by atoms with Crippen LogP contribution < -0.4 is 0 Å². The van der Waals surface area contributed by atoms with E-state index in [2.05, 4.69) is 4.90 Å². The third kappa shape index (κ3) is 5.85. The number of hydrogen-bond acceptors (Lipinski definition) is 4. The number of nitrogens with zero attached hydrogens (tertiary/aromatic N) is 3. The molecule has 8 heteroatoms. The van der Waals surface area contributed by atoms with Crippen LogP contribution in [0, 0.1) is 0 Å². The molecule has 0 bridgehead atoms. The third-order valence-corrected chi connectivity index (χ3v) is 8.16. The normalized spacial score (nSPS) is 15.2. The summed E-state index contributed by atoms with van der Waals surface area (Å²) < 4.78 is 27.2. The van der Waals surface area contributed by atoms with Crippen molar-refractivity contribution in [2.45, 2.75) is 18.0 Å². The number of carbonyl (C=O) groups excluding carboxylic acids is 1. The summed E-state index contributed by atoms with van der Waals surface area (Å²) in [5.74, 6) is -0.0405. The van der Waals surface area contributed by atoms with E-state index in [1.165, 1.54) is 0 Å². The van der Waals surface area contributed by atoms with Gasteiger partial charge in [-0.05, 0) is 47.5 Å². The molecule has 1 heterocycles. The summed E-state index contributed by atoms with van der Waals surface area (Å²) in [5.41, 5.74) is 2.75. The van der Waals surface area contributed by atoms with Crippen LogP contribution in [0.1, 0.15) is 21.5 Å². The molecule has 1 amide bonds. The van der Waals surface area contributed by atoms with E-state index in [0.29, 0.717) is 54.8 Å². The van der Waals surface area contributed by atoms with Gasteiger partial charge in [0.15, 0.2) is 0 Å². The molecule has 1 aliphatic heterocycles. The van der Waals surface area contributed by atoms with Crippen molar-refractivity contribution >= 4 is 27.5 Å². The lowest BCUT2D eigenvalue weighted by Crippen LogP contribution is -2.48. The average Bonchev–Trinajstić information content (AvgIpc) is 2.86. The minimum atomic E-state index is -3.45. The fourth-order valence-electron chi connectivity index (χ4n) is 4.04. The molecule has 0 atom stereocenters. The summed E-state index contributed by atoms with van der Waals surface area (Å²) in [5, 5.41) is 0.674. The van der Waals surface area contributed by atoms with Crippen LogP contribution in [0.2, 0.25) is 5.02 Å². The molecule has 4 rings (SSSR count). The van der Waals surface area contributed by atoms with Gasteiger partial charge in [-0.1, -0.05) is 54.1 Å². The third-order valence-electron chi connectivity index (χ3n) is 6.00. The Bertz CT molecular complexity index is 1210. The molecule has 0 radical (unpaired) electrons. The zero-order valence-corrected chi connectivity index (χ0v) is 20.7. The first-order valence-corrected chi connectivity index (χ1v) is 13.0. The Morgan fingerprint density at radius 2 is 1.44 bits per heavy atom. The van der Waals surface area contributed by atoms with E-state index >= 15 is 0 Å². The predicted molar refractivity (Wildman–Crippen MR) is 134 cm³/mol. The molecule has 6 nitrogen and oxygen atoms in total. The molecule has 0 aromatic heterocycles. The highest BCUT2D eigenvalue weighted by atomic mass is 35.5. The maximum Gasteiger partial charge on any atom is 0.253 e. The minimum absolute atomic E-state index is 0.0405. The van der Waals surface area contributed by atoms with Crippen LogP contribution in [-0.2, 0) is 23.1 Å². The van der Waals surface area contributed by atoms with Gasteiger partial charge in [0.25, 0.3) is 5.91 Å². The molecule has 1 saturated heterocycles. The van der Waals surface area contributed by atoms with E-state index in [0.717, 1.165) is 11.1 Å². The number of hydrogen-bond donors (Lipinski definition) is 0. The van der Waals surface area contributed by atoms with Crippen LogP contribution in [0.15, 0.2) is 83.8 Å². The van der Waals surface area contributed by atoms with Gasteiger partial charge in [0.05, 0.1) is 4.90 Å². The maximum atomic E-state index is 12.8. The van der Waals surface area contributed by atoms with Crippen molar-refractivity contribution in [1.82, 2.24) is 14.1 Å². The van der Waals surface area contributed by atoms with E-state index in [1.54, 1.807) is 40.5 Å². The second-order valence-electron chi connectivity index (χ2n) is 8.48. The number of sulfonamides is 1. The molecule has 1 fully saturated rings. The van der Waals surface area contributed by atoms with E-state index < -0.39 is 10.0 Å². The second kappa shape index (κ2) is 10.7. The highest BCUT2D eigenvalue weighted by molar-refractivity contribution is 7.89. The summed E-state index contributed by atoms with van der Waals surface area (Å²) in [4.78, 5) is 17.1. The molecule has 1 aliphatic rings. The number of halogens is 1. The van der Waals surface area contributed by atoms with Crippen molar-refractivity contribution < 1.29 is 13.2 Å². The zero-order valence-electron chi connectivity index (χ0n) is 19.1. The highest BCUT2D eigenvalue weighted by Crippen LogP contribution is 2.19. The number of piperazine rings is 1. The quantitative estimate of drug-likeness (QED) is 0.492. The lowest BCUT2D eigenvalue weighted by atomic mass is 10.1. The van der Waals surface area contributed by atoms with Crippen molar-refractivity contribution in [2.75, 3.05) is 33.2 Å². The van der Waals surface area contributed by atoms with Gasteiger partial charge in [-0.2, -0.15) is 4.31 Å². The Morgan fingerprint density at radius 1 is 0.853 bits per heavy atom. The maximum absolute atomic E-state index is 12.8. The van der Waals surface area contributed by atoms with E-state index in [9.17, 15) is 13.2 Å². The fraction of sp³-hybridized carbons (Fsp3) is 0.269. The fourth-order valence-corrected chi connectivity index (χ4v) is 5.61. The topological polar surface area (TPSA) is 60.9 Å². The molecule has 178 valence electrons. The summed E-state index contributed by atoms with van der Waals surface area (Å²) in [6.45, 7) is 3.47. The number of amides is 1. The summed E-state index contributed by atoms with van der Waals surface area (Å²) in [6.07, 6.45) is 0. The largest absolute Gasteiger partial charge is 0.337 e. The molecule has 0 unspecified atom stereocenters. The minimum Gasteiger partial charge on any atom is -0.337 e. The van der Waals surface area contributed by atoms with Gasteiger partial charge in [0, 0.05) is 56.9 Å². The van der Waals surface area contributed by atoms with Gasteiger partial charge in [0.2, 0.25) is 10.0 Å². The van der Waals surface area contributed by atoms with E-state index in [-0.39, 0.29) is 5.91 Å². The van der Waals surface area contributed by atoms with Gasteiger partial charge in [-0.15, -0.1) is 0 Å². The first-order chi connectivity index (χ1) is 16.3. The van der Waals surface area contributed by atoms with Crippen LogP contribution in [0.4, 0.5) is 0 Å². The summed E-state index contributed by atoms with van der Waals surface area (Å²) >= 11 is 5.93. The van der Waals surface area contributed by atoms with Crippen molar-refractivity contribution in [3.05, 3.63) is 101 Å². The lowest BCUT2D eigenvalue weighted by Gasteiger charge is -2.34. The van der Waals surface area contributed by atoms with Crippen LogP contribution in [0.3, 0.4) is 0 Å². The van der Waals surface area contributed by atoms with Crippen molar-refractivity contribution in [3.63, 3.8) is 0 Å². The first-order valence-electron chi connectivity index (χ1n) is 11.2. The molecular weight excluding hydrogens is 470 g/mol. The van der Waals surface area contributed by atoms with Gasteiger partial charge in [-0.3, -0.25) is 9.69 Å². The SMILES string of the molecule is CN(Cc1ccc(Cl)cc1)C(=O)c1ccc(CN2CCN(S(=O)(=O)c3ccccc3)CC2)cc1.